The Bertz CT molecular complexity index is 1030. The summed E-state index contributed by atoms with van der Waals surface area (Å²) in [7, 11) is 1.56. The van der Waals surface area contributed by atoms with E-state index in [0.717, 1.165) is 25.2 Å². The minimum Gasteiger partial charge on any atom is -0.394 e. The molecule has 1 aromatic carbocycles. The van der Waals surface area contributed by atoms with Crippen LogP contribution in [0.3, 0.4) is 0 Å². The number of fused-ring (bicyclic) bond motifs is 1. The number of nitrogens with zero attached hydrogens (tertiary/aromatic N) is 2. The van der Waals surface area contributed by atoms with Crippen LogP contribution in [0, 0.1) is 17.8 Å². The summed E-state index contributed by atoms with van der Waals surface area (Å²) in [4.78, 5) is 44.9. The number of rotatable bonds is 10. The molecule has 3 aliphatic heterocycles. The Morgan fingerprint density at radius 1 is 1.16 bits per heavy atom. The van der Waals surface area contributed by atoms with Crippen molar-refractivity contribution in [2.24, 2.45) is 17.8 Å². The van der Waals surface area contributed by atoms with Crippen LogP contribution in [0.4, 0.5) is 11.4 Å². The van der Waals surface area contributed by atoms with Crippen molar-refractivity contribution in [3.05, 3.63) is 24.3 Å². The molecule has 0 saturated carbocycles. The van der Waals surface area contributed by atoms with Gasteiger partial charge < -0.3 is 30.3 Å². The molecule has 3 saturated heterocycles. The molecule has 3 fully saturated rings. The molecule has 37 heavy (non-hydrogen) atoms. The standard InChI is InChI=1S/C28H42N4O5/c1-7-17(4)20(16-33)32-23(25(35)30-18-10-12-19(13-11-18)31(8-2)9-3)28-15-14-27(5,37-28)21(24(34)29-6)22(28)26(32)36/h10-13,17,20-23,33H,7-9,14-16H2,1-6H3,(H,29,34)(H,30,35)/t17-,20-,21-,22-,23?,27+,28?/m0/s1. The Labute approximate surface area is 219 Å². The lowest BCUT2D eigenvalue weighted by Crippen LogP contribution is -2.57. The summed E-state index contributed by atoms with van der Waals surface area (Å²) < 4.78 is 6.59. The lowest BCUT2D eigenvalue weighted by atomic mass is 9.66. The number of carbonyl (C=O) groups is 3. The van der Waals surface area contributed by atoms with Gasteiger partial charge in [0.05, 0.1) is 30.1 Å². The van der Waals surface area contributed by atoms with Gasteiger partial charge in [0.2, 0.25) is 17.7 Å². The first-order valence-corrected chi connectivity index (χ1v) is 13.6. The third-order valence-corrected chi connectivity index (χ3v) is 9.10. The predicted molar refractivity (Wildman–Crippen MR) is 142 cm³/mol. The number of amides is 3. The van der Waals surface area contributed by atoms with Crippen LogP contribution in [0.15, 0.2) is 24.3 Å². The smallest absolute Gasteiger partial charge is 0.250 e. The molecule has 9 nitrogen and oxygen atoms in total. The molecule has 3 amide bonds. The van der Waals surface area contributed by atoms with E-state index in [9.17, 15) is 19.5 Å². The first kappa shape index (κ1) is 27.4. The van der Waals surface area contributed by atoms with E-state index in [4.69, 9.17) is 4.74 Å². The average Bonchev–Trinajstić information content (AvgIpc) is 3.46. The number of benzene rings is 1. The number of ether oxygens (including phenoxy) is 1. The Kier molecular flexibility index (Phi) is 7.59. The van der Waals surface area contributed by atoms with E-state index in [2.05, 4.69) is 29.4 Å². The number of likely N-dealkylation sites (tertiary alicyclic amines) is 1. The van der Waals surface area contributed by atoms with Gasteiger partial charge in [0.1, 0.15) is 11.6 Å². The van der Waals surface area contributed by atoms with Crippen LogP contribution in [0.5, 0.6) is 0 Å². The molecule has 0 aliphatic carbocycles. The molecule has 0 radical (unpaired) electrons. The zero-order chi connectivity index (χ0) is 27.1. The molecule has 1 aromatic rings. The monoisotopic (exact) mass is 514 g/mol. The van der Waals surface area contributed by atoms with E-state index >= 15 is 0 Å². The van der Waals surface area contributed by atoms with E-state index < -0.39 is 35.1 Å². The maximum Gasteiger partial charge on any atom is 0.250 e. The van der Waals surface area contributed by atoms with Crippen LogP contribution in [0.25, 0.3) is 0 Å². The van der Waals surface area contributed by atoms with Crippen LogP contribution in [0.1, 0.15) is 53.9 Å². The van der Waals surface area contributed by atoms with Gasteiger partial charge in [0, 0.05) is 31.5 Å². The highest BCUT2D eigenvalue weighted by Gasteiger charge is 2.78. The van der Waals surface area contributed by atoms with Gasteiger partial charge in [-0.15, -0.1) is 0 Å². The highest BCUT2D eigenvalue weighted by molar-refractivity contribution is 6.04. The van der Waals surface area contributed by atoms with E-state index in [-0.39, 0.29) is 30.2 Å². The quantitative estimate of drug-likeness (QED) is 0.442. The molecular weight excluding hydrogens is 472 g/mol. The number of hydrogen-bond donors (Lipinski definition) is 3. The Hall–Kier alpha value is -2.65. The molecule has 204 valence electrons. The van der Waals surface area contributed by atoms with Gasteiger partial charge in [-0.25, -0.2) is 0 Å². The first-order valence-electron chi connectivity index (χ1n) is 13.6. The maximum absolute atomic E-state index is 14.1. The number of aliphatic hydroxyl groups is 1. The lowest BCUT2D eigenvalue weighted by molar-refractivity contribution is -0.149. The summed E-state index contributed by atoms with van der Waals surface area (Å²) in [6.07, 6.45) is 1.81. The van der Waals surface area contributed by atoms with Crippen molar-refractivity contribution in [2.45, 2.75) is 77.2 Å². The largest absolute Gasteiger partial charge is 0.394 e. The molecule has 3 heterocycles. The molecule has 3 N–H and O–H groups in total. The summed E-state index contributed by atoms with van der Waals surface area (Å²) >= 11 is 0. The summed E-state index contributed by atoms with van der Waals surface area (Å²) in [5, 5.41) is 16.1. The van der Waals surface area contributed by atoms with Crippen LogP contribution in [-0.2, 0) is 19.1 Å². The fraction of sp³-hybridized carbons (Fsp3) is 0.679. The number of carbonyl (C=O) groups excluding carboxylic acids is 3. The third-order valence-electron chi connectivity index (χ3n) is 9.10. The second-order valence-corrected chi connectivity index (χ2v) is 10.9. The van der Waals surface area contributed by atoms with Crippen molar-refractivity contribution in [2.75, 3.05) is 37.0 Å². The zero-order valence-electron chi connectivity index (χ0n) is 22.9. The summed E-state index contributed by atoms with van der Waals surface area (Å²) in [5.41, 5.74) is -0.245. The van der Waals surface area contributed by atoms with Crippen molar-refractivity contribution in [3.8, 4) is 0 Å². The predicted octanol–water partition coefficient (Wildman–Crippen LogP) is 2.39. The number of nitrogens with one attached hydrogen (secondary N) is 2. The molecule has 7 atom stereocenters. The average molecular weight is 515 g/mol. The molecule has 2 bridgehead atoms. The van der Waals surface area contributed by atoms with Crippen LogP contribution in [0.2, 0.25) is 0 Å². The van der Waals surface area contributed by atoms with Gasteiger partial charge >= 0.3 is 0 Å². The Morgan fingerprint density at radius 2 is 1.81 bits per heavy atom. The molecule has 1 spiro atoms. The van der Waals surface area contributed by atoms with Crippen LogP contribution >= 0.6 is 0 Å². The van der Waals surface area contributed by atoms with E-state index in [0.29, 0.717) is 18.5 Å². The second-order valence-electron chi connectivity index (χ2n) is 10.9. The Morgan fingerprint density at radius 3 is 2.35 bits per heavy atom. The highest BCUT2D eigenvalue weighted by atomic mass is 16.5. The number of aliphatic hydroxyl groups excluding tert-OH is 1. The fourth-order valence-electron chi connectivity index (χ4n) is 6.95. The van der Waals surface area contributed by atoms with Crippen LogP contribution in [-0.4, -0.2) is 77.8 Å². The first-order chi connectivity index (χ1) is 17.6. The molecule has 2 unspecified atom stereocenters. The molecular formula is C28H42N4O5. The van der Waals surface area contributed by atoms with Crippen molar-refractivity contribution in [1.29, 1.82) is 0 Å². The topological polar surface area (TPSA) is 111 Å². The van der Waals surface area contributed by atoms with E-state index in [1.165, 1.54) is 0 Å². The van der Waals surface area contributed by atoms with E-state index in [1.807, 2.05) is 45.0 Å². The highest BCUT2D eigenvalue weighted by Crippen LogP contribution is 2.63. The molecule has 0 aromatic heterocycles. The van der Waals surface area contributed by atoms with Gasteiger partial charge in [-0.2, -0.15) is 0 Å². The SMILES string of the molecule is CC[C@H](C)[C@H](CO)N1C(=O)[C@@H]2[C@@H](C(=O)NC)[C@@]3(C)CCC2(O3)C1C(=O)Nc1ccc(N(CC)CC)cc1. The van der Waals surface area contributed by atoms with E-state index in [1.54, 1.807) is 11.9 Å². The minimum atomic E-state index is -1.12. The van der Waals surface area contributed by atoms with Crippen LogP contribution < -0.4 is 15.5 Å². The molecule has 3 aliphatic rings. The van der Waals surface area contributed by atoms with Crippen molar-refractivity contribution >= 4 is 29.1 Å². The van der Waals surface area contributed by atoms with Gasteiger partial charge in [-0.1, -0.05) is 20.3 Å². The lowest BCUT2D eigenvalue weighted by Gasteiger charge is -2.39. The van der Waals surface area contributed by atoms with Crippen molar-refractivity contribution in [3.63, 3.8) is 0 Å². The molecule has 4 rings (SSSR count). The summed E-state index contributed by atoms with van der Waals surface area (Å²) in [6, 6.07) is 6.16. The molecule has 9 heteroatoms. The zero-order valence-corrected chi connectivity index (χ0v) is 22.9. The summed E-state index contributed by atoms with van der Waals surface area (Å²) in [6.45, 7) is 11.5. The van der Waals surface area contributed by atoms with Crippen molar-refractivity contribution in [1.82, 2.24) is 10.2 Å². The number of hydrogen-bond acceptors (Lipinski definition) is 6. The number of anilines is 2. The van der Waals surface area contributed by atoms with Gasteiger partial charge in [0.15, 0.2) is 0 Å². The Balaban J connectivity index is 1.72. The fourth-order valence-corrected chi connectivity index (χ4v) is 6.95. The normalized spacial score (nSPS) is 31.7. The van der Waals surface area contributed by atoms with Gasteiger partial charge in [0.25, 0.3) is 0 Å². The van der Waals surface area contributed by atoms with Gasteiger partial charge in [-0.3, -0.25) is 14.4 Å². The van der Waals surface area contributed by atoms with Crippen molar-refractivity contribution < 1.29 is 24.2 Å². The third kappa shape index (κ3) is 4.20. The summed E-state index contributed by atoms with van der Waals surface area (Å²) in [5.74, 6) is -2.39. The van der Waals surface area contributed by atoms with Gasteiger partial charge in [-0.05, 0) is 63.8 Å². The second kappa shape index (κ2) is 10.3. The maximum atomic E-state index is 14.1. The minimum absolute atomic E-state index is 0.0425.